The third-order valence-corrected chi connectivity index (χ3v) is 7.05. The highest BCUT2D eigenvalue weighted by molar-refractivity contribution is 7.89. The van der Waals surface area contributed by atoms with Crippen LogP contribution in [0.3, 0.4) is 0 Å². The van der Waals surface area contributed by atoms with E-state index in [0.717, 1.165) is 17.8 Å². The number of carbonyl (C=O) groups is 2. The van der Waals surface area contributed by atoms with Gasteiger partial charge < -0.3 is 5.32 Å². The van der Waals surface area contributed by atoms with Gasteiger partial charge in [-0.2, -0.15) is 0 Å². The minimum Gasteiger partial charge on any atom is -0.300 e. The van der Waals surface area contributed by atoms with Gasteiger partial charge in [0, 0.05) is 24.9 Å². The van der Waals surface area contributed by atoms with Crippen molar-refractivity contribution in [3.63, 3.8) is 0 Å². The van der Waals surface area contributed by atoms with E-state index in [1.807, 2.05) is 0 Å². The van der Waals surface area contributed by atoms with Crippen LogP contribution in [0.4, 0.5) is 5.13 Å². The lowest BCUT2D eigenvalue weighted by Crippen LogP contribution is -2.27. The summed E-state index contributed by atoms with van der Waals surface area (Å²) in [6, 6.07) is 5.65. The number of sulfonamides is 1. The Balaban J connectivity index is 1.72. The Morgan fingerprint density at radius 2 is 1.68 bits per heavy atom. The molecule has 0 radical (unpaired) electrons. The van der Waals surface area contributed by atoms with E-state index >= 15 is 0 Å². The van der Waals surface area contributed by atoms with E-state index in [1.165, 1.54) is 74.6 Å². The molecule has 0 aliphatic rings. The van der Waals surface area contributed by atoms with Crippen LogP contribution in [0.15, 0.2) is 29.2 Å². The van der Waals surface area contributed by atoms with Crippen molar-refractivity contribution < 1.29 is 18.0 Å². The van der Waals surface area contributed by atoms with Crippen molar-refractivity contribution in [1.29, 1.82) is 0 Å². The lowest BCUT2D eigenvalue weighted by Gasteiger charge is -2.07. The Morgan fingerprint density at radius 1 is 1.00 bits per heavy atom. The van der Waals surface area contributed by atoms with Gasteiger partial charge in [-0.25, -0.2) is 13.1 Å². The zero-order valence-corrected chi connectivity index (χ0v) is 19.7. The number of carbonyl (C=O) groups excluding carboxylic acids is 2. The molecular formula is C21H30N4O4S2. The zero-order chi connectivity index (χ0) is 22.7. The number of unbranched alkanes of at least 4 members (excludes halogenated alkanes) is 5. The van der Waals surface area contributed by atoms with Crippen LogP contribution < -0.4 is 10.0 Å². The molecule has 0 saturated carbocycles. The van der Waals surface area contributed by atoms with Gasteiger partial charge in [0.05, 0.1) is 4.90 Å². The molecule has 170 valence electrons. The topological polar surface area (TPSA) is 118 Å². The van der Waals surface area contributed by atoms with Gasteiger partial charge in [-0.15, -0.1) is 10.2 Å². The summed E-state index contributed by atoms with van der Waals surface area (Å²) in [4.78, 5) is 23.4. The highest BCUT2D eigenvalue weighted by Gasteiger charge is 2.15. The number of ketones is 1. The largest absolute Gasteiger partial charge is 0.300 e. The first-order valence-corrected chi connectivity index (χ1v) is 12.8. The van der Waals surface area contributed by atoms with Gasteiger partial charge in [0.2, 0.25) is 21.1 Å². The Labute approximate surface area is 187 Å². The summed E-state index contributed by atoms with van der Waals surface area (Å²) in [5.41, 5.74) is 0.436. The molecule has 0 fully saturated rings. The zero-order valence-electron chi connectivity index (χ0n) is 18.0. The number of amides is 1. The minimum absolute atomic E-state index is 0.0307. The molecule has 1 aromatic carbocycles. The van der Waals surface area contributed by atoms with E-state index in [0.29, 0.717) is 10.7 Å². The fourth-order valence-electron chi connectivity index (χ4n) is 2.89. The molecule has 0 spiro atoms. The molecule has 0 aliphatic heterocycles. The van der Waals surface area contributed by atoms with Gasteiger partial charge in [-0.3, -0.25) is 9.59 Å². The van der Waals surface area contributed by atoms with Crippen LogP contribution in [0.5, 0.6) is 0 Å². The maximum absolute atomic E-state index is 12.3. The molecule has 0 saturated heterocycles. The molecule has 2 N–H and O–H groups in total. The third kappa shape index (κ3) is 8.84. The number of aromatic nitrogens is 2. The summed E-state index contributed by atoms with van der Waals surface area (Å²) in [6.45, 7) is 3.56. The van der Waals surface area contributed by atoms with Gasteiger partial charge in [0.25, 0.3) is 0 Å². The molecule has 1 aromatic heterocycles. The van der Waals surface area contributed by atoms with Gasteiger partial charge in [-0.1, -0.05) is 62.5 Å². The number of benzene rings is 1. The number of hydrogen-bond donors (Lipinski definition) is 2. The maximum Gasteiger partial charge on any atom is 0.240 e. The summed E-state index contributed by atoms with van der Waals surface area (Å²) in [5.74, 6) is -0.475. The SMILES string of the molecule is CCCCCCCCc1nnc(NC(=O)CCNS(=O)(=O)c2ccc(C(C)=O)cc2)s1. The summed E-state index contributed by atoms with van der Waals surface area (Å²) in [5, 5.41) is 12.1. The molecule has 1 heterocycles. The average molecular weight is 467 g/mol. The summed E-state index contributed by atoms with van der Waals surface area (Å²) in [6.07, 6.45) is 8.04. The Hall–Kier alpha value is -2.17. The molecule has 0 aliphatic carbocycles. The second-order valence-corrected chi connectivity index (χ2v) is 10.1. The molecule has 0 unspecified atom stereocenters. The van der Waals surface area contributed by atoms with Crippen molar-refractivity contribution in [2.24, 2.45) is 0 Å². The number of rotatable bonds is 14. The normalized spacial score (nSPS) is 11.4. The fourth-order valence-corrected chi connectivity index (χ4v) is 4.72. The molecule has 0 bridgehead atoms. The molecule has 2 aromatic rings. The van der Waals surface area contributed by atoms with E-state index in [4.69, 9.17) is 0 Å². The molecular weight excluding hydrogens is 436 g/mol. The van der Waals surface area contributed by atoms with Crippen molar-refractivity contribution in [3.8, 4) is 0 Å². The number of nitrogens with one attached hydrogen (secondary N) is 2. The lowest BCUT2D eigenvalue weighted by molar-refractivity contribution is -0.116. The predicted molar refractivity (Wildman–Crippen MR) is 122 cm³/mol. The molecule has 0 atom stereocenters. The van der Waals surface area contributed by atoms with Crippen molar-refractivity contribution in [2.45, 2.75) is 70.1 Å². The van der Waals surface area contributed by atoms with E-state index < -0.39 is 10.0 Å². The molecule has 10 heteroatoms. The first-order valence-electron chi connectivity index (χ1n) is 10.5. The number of hydrogen-bond acceptors (Lipinski definition) is 7. The maximum atomic E-state index is 12.3. The van der Waals surface area contributed by atoms with Crippen molar-refractivity contribution in [1.82, 2.24) is 14.9 Å². The molecule has 31 heavy (non-hydrogen) atoms. The first kappa shape index (κ1) is 25.1. The standard InChI is InChI=1S/C21H30N4O4S2/c1-3-4-5-6-7-8-9-20-24-25-21(30-20)23-19(27)14-15-22-31(28,29)18-12-10-17(11-13-18)16(2)26/h10-13,22H,3-9,14-15H2,1-2H3,(H,23,25,27). The Bertz CT molecular complexity index is 956. The molecule has 1 amide bonds. The average Bonchev–Trinajstić information content (AvgIpc) is 3.17. The molecule has 2 rings (SSSR count). The van der Waals surface area contributed by atoms with Crippen molar-refractivity contribution in [2.75, 3.05) is 11.9 Å². The van der Waals surface area contributed by atoms with Gasteiger partial charge in [0.1, 0.15) is 5.01 Å². The highest BCUT2D eigenvalue weighted by Crippen LogP contribution is 2.18. The van der Waals surface area contributed by atoms with Crippen LogP contribution in [0, 0.1) is 0 Å². The van der Waals surface area contributed by atoms with Crippen LogP contribution >= 0.6 is 11.3 Å². The summed E-state index contributed by atoms with van der Waals surface area (Å²) >= 11 is 1.35. The highest BCUT2D eigenvalue weighted by atomic mass is 32.2. The second-order valence-electron chi connectivity index (χ2n) is 7.30. The number of aryl methyl sites for hydroxylation is 1. The van der Waals surface area contributed by atoms with Crippen LogP contribution in [-0.2, 0) is 21.2 Å². The van der Waals surface area contributed by atoms with Crippen LogP contribution in [0.25, 0.3) is 0 Å². The Morgan fingerprint density at radius 3 is 2.35 bits per heavy atom. The quantitative estimate of drug-likeness (QED) is 0.321. The summed E-state index contributed by atoms with van der Waals surface area (Å²) in [7, 11) is -3.75. The third-order valence-electron chi connectivity index (χ3n) is 4.67. The fraction of sp³-hybridized carbons (Fsp3) is 0.524. The van der Waals surface area contributed by atoms with Crippen LogP contribution in [0.1, 0.15) is 74.2 Å². The number of nitrogens with zero attached hydrogens (tertiary/aromatic N) is 2. The predicted octanol–water partition coefficient (Wildman–Crippen LogP) is 3.95. The van der Waals surface area contributed by atoms with E-state index in [2.05, 4.69) is 27.2 Å². The van der Waals surface area contributed by atoms with Crippen molar-refractivity contribution >= 4 is 38.2 Å². The number of anilines is 1. The Kier molecular flexibility index (Phi) is 10.2. The van der Waals surface area contributed by atoms with Crippen molar-refractivity contribution in [3.05, 3.63) is 34.8 Å². The van der Waals surface area contributed by atoms with Gasteiger partial charge in [0.15, 0.2) is 5.78 Å². The monoisotopic (exact) mass is 466 g/mol. The first-order chi connectivity index (χ1) is 14.8. The smallest absolute Gasteiger partial charge is 0.240 e. The van der Waals surface area contributed by atoms with Crippen LogP contribution in [-0.4, -0.2) is 36.9 Å². The minimum atomic E-state index is -3.75. The molecule has 8 nitrogen and oxygen atoms in total. The second kappa shape index (κ2) is 12.6. The van der Waals surface area contributed by atoms with E-state index in [1.54, 1.807) is 0 Å². The van der Waals surface area contributed by atoms with E-state index in [-0.39, 0.29) is 29.6 Å². The summed E-state index contributed by atoms with van der Waals surface area (Å²) < 4.78 is 27.0. The lowest BCUT2D eigenvalue weighted by atomic mass is 10.1. The van der Waals surface area contributed by atoms with Gasteiger partial charge in [-0.05, 0) is 25.5 Å². The number of Topliss-reactive ketones (excluding diaryl/α,β-unsaturated/α-hetero) is 1. The van der Waals surface area contributed by atoms with Crippen LogP contribution in [0.2, 0.25) is 0 Å². The van der Waals surface area contributed by atoms with E-state index in [9.17, 15) is 18.0 Å². The van der Waals surface area contributed by atoms with Gasteiger partial charge >= 0.3 is 0 Å².